The number of carbonyl (C=O) groups excluding carboxylic acids is 1. The first-order valence-corrected chi connectivity index (χ1v) is 6.02. The average Bonchev–Trinajstić information content (AvgIpc) is 2.24. The zero-order valence-corrected chi connectivity index (χ0v) is 11.4. The van der Waals surface area contributed by atoms with Gasteiger partial charge in [0.15, 0.2) is 0 Å². The van der Waals surface area contributed by atoms with E-state index in [1.165, 1.54) is 0 Å². The molecule has 0 saturated heterocycles. The molecule has 0 aromatic rings. The number of carbonyl (C=O) groups is 1. The van der Waals surface area contributed by atoms with E-state index in [0.717, 1.165) is 13.0 Å². The number of nitrogens with zero attached hydrogens (tertiary/aromatic N) is 2. The van der Waals surface area contributed by atoms with E-state index in [4.69, 9.17) is 5.73 Å². The third-order valence-electron chi connectivity index (χ3n) is 3.10. The standard InChI is InChI=1S/C12H27N3O/c1-6-10(2)9-15(5)11(8-13)7-12(16)14(3)4/h10-11H,6-9,13H2,1-5H3. The monoisotopic (exact) mass is 229 g/mol. The molecule has 1 amide bonds. The van der Waals surface area contributed by atoms with E-state index in [-0.39, 0.29) is 11.9 Å². The fraction of sp³-hybridized carbons (Fsp3) is 0.917. The molecule has 2 N–H and O–H groups in total. The number of nitrogens with two attached hydrogens (primary N) is 1. The van der Waals surface area contributed by atoms with Gasteiger partial charge in [-0.25, -0.2) is 0 Å². The molecule has 0 spiro atoms. The number of amides is 1. The van der Waals surface area contributed by atoms with Gasteiger partial charge in [-0.1, -0.05) is 20.3 Å². The molecule has 0 aliphatic carbocycles. The molecule has 0 bridgehead atoms. The Morgan fingerprint density at radius 1 is 1.31 bits per heavy atom. The maximum Gasteiger partial charge on any atom is 0.223 e. The molecule has 0 radical (unpaired) electrons. The van der Waals surface area contributed by atoms with Gasteiger partial charge in [-0.15, -0.1) is 0 Å². The van der Waals surface area contributed by atoms with Gasteiger partial charge in [0, 0.05) is 39.6 Å². The third-order valence-corrected chi connectivity index (χ3v) is 3.10. The Morgan fingerprint density at radius 2 is 1.88 bits per heavy atom. The molecule has 0 saturated carbocycles. The second-order valence-corrected chi connectivity index (χ2v) is 4.83. The van der Waals surface area contributed by atoms with E-state index >= 15 is 0 Å². The van der Waals surface area contributed by atoms with Gasteiger partial charge in [-0.3, -0.25) is 4.79 Å². The van der Waals surface area contributed by atoms with Crippen molar-refractivity contribution in [2.75, 3.05) is 34.2 Å². The van der Waals surface area contributed by atoms with Crippen LogP contribution in [0.4, 0.5) is 0 Å². The molecular weight excluding hydrogens is 202 g/mol. The molecule has 2 unspecified atom stereocenters. The predicted molar refractivity (Wildman–Crippen MR) is 68.2 cm³/mol. The van der Waals surface area contributed by atoms with Crippen LogP contribution in [-0.4, -0.2) is 56.0 Å². The van der Waals surface area contributed by atoms with Crippen LogP contribution < -0.4 is 5.73 Å². The third kappa shape index (κ3) is 5.47. The highest BCUT2D eigenvalue weighted by Gasteiger charge is 2.19. The van der Waals surface area contributed by atoms with E-state index in [9.17, 15) is 4.79 Å². The lowest BCUT2D eigenvalue weighted by molar-refractivity contribution is -0.129. The molecule has 0 aromatic heterocycles. The van der Waals surface area contributed by atoms with E-state index in [0.29, 0.717) is 18.9 Å². The minimum Gasteiger partial charge on any atom is -0.349 e. The summed E-state index contributed by atoms with van der Waals surface area (Å²) in [4.78, 5) is 15.4. The topological polar surface area (TPSA) is 49.6 Å². The van der Waals surface area contributed by atoms with Crippen LogP contribution in [0.5, 0.6) is 0 Å². The first-order valence-electron chi connectivity index (χ1n) is 6.02. The van der Waals surface area contributed by atoms with Crippen molar-refractivity contribution in [3.05, 3.63) is 0 Å². The van der Waals surface area contributed by atoms with E-state index in [1.807, 2.05) is 7.05 Å². The first kappa shape index (κ1) is 15.4. The van der Waals surface area contributed by atoms with Crippen molar-refractivity contribution in [3.8, 4) is 0 Å². The number of rotatable bonds is 7. The Hall–Kier alpha value is -0.610. The van der Waals surface area contributed by atoms with Gasteiger partial charge in [0.25, 0.3) is 0 Å². The van der Waals surface area contributed by atoms with Gasteiger partial charge in [-0.2, -0.15) is 0 Å². The molecule has 4 nitrogen and oxygen atoms in total. The summed E-state index contributed by atoms with van der Waals surface area (Å²) in [5.41, 5.74) is 5.73. The van der Waals surface area contributed by atoms with Gasteiger partial charge in [0.05, 0.1) is 0 Å². The maximum absolute atomic E-state index is 11.6. The van der Waals surface area contributed by atoms with Gasteiger partial charge >= 0.3 is 0 Å². The summed E-state index contributed by atoms with van der Waals surface area (Å²) < 4.78 is 0. The average molecular weight is 229 g/mol. The Morgan fingerprint density at radius 3 is 2.25 bits per heavy atom. The quantitative estimate of drug-likeness (QED) is 0.701. The van der Waals surface area contributed by atoms with Crippen LogP contribution in [0.3, 0.4) is 0 Å². The summed E-state index contributed by atoms with van der Waals surface area (Å²) in [5, 5.41) is 0. The second kappa shape index (κ2) is 7.63. The molecular formula is C12H27N3O. The number of hydrogen-bond acceptors (Lipinski definition) is 3. The minimum absolute atomic E-state index is 0.145. The molecule has 0 rings (SSSR count). The highest BCUT2D eigenvalue weighted by molar-refractivity contribution is 5.76. The minimum atomic E-state index is 0.145. The summed E-state index contributed by atoms with van der Waals surface area (Å²) in [6.07, 6.45) is 1.67. The smallest absolute Gasteiger partial charge is 0.223 e. The fourth-order valence-electron chi connectivity index (χ4n) is 1.57. The highest BCUT2D eigenvalue weighted by Crippen LogP contribution is 2.08. The van der Waals surface area contributed by atoms with Crippen LogP contribution in [0.15, 0.2) is 0 Å². The van der Waals surface area contributed by atoms with Crippen LogP contribution in [0.2, 0.25) is 0 Å². The summed E-state index contributed by atoms with van der Waals surface area (Å²) in [5.74, 6) is 0.792. The van der Waals surface area contributed by atoms with Gasteiger partial charge in [-0.05, 0) is 13.0 Å². The second-order valence-electron chi connectivity index (χ2n) is 4.83. The molecule has 16 heavy (non-hydrogen) atoms. The number of hydrogen-bond donors (Lipinski definition) is 1. The first-order chi connectivity index (χ1) is 7.42. The van der Waals surface area contributed by atoms with E-state index in [2.05, 4.69) is 18.7 Å². The van der Waals surface area contributed by atoms with Crippen LogP contribution >= 0.6 is 0 Å². The highest BCUT2D eigenvalue weighted by atomic mass is 16.2. The molecule has 0 aliphatic rings. The summed E-state index contributed by atoms with van der Waals surface area (Å²) in [6.45, 7) is 5.93. The Kier molecular flexibility index (Phi) is 7.34. The predicted octanol–water partition coefficient (Wildman–Crippen LogP) is 0.770. The Balaban J connectivity index is 4.21. The van der Waals surface area contributed by atoms with Gasteiger partial charge < -0.3 is 15.5 Å². The molecule has 2 atom stereocenters. The number of likely N-dealkylation sites (N-methyl/N-ethyl adjacent to an activating group) is 1. The van der Waals surface area contributed by atoms with Crippen molar-refractivity contribution < 1.29 is 4.79 Å². The van der Waals surface area contributed by atoms with Crippen LogP contribution in [-0.2, 0) is 4.79 Å². The summed E-state index contributed by atoms with van der Waals surface area (Å²) in [6, 6.07) is 0.156. The van der Waals surface area contributed by atoms with Crippen molar-refractivity contribution in [2.24, 2.45) is 11.7 Å². The molecule has 0 aliphatic heterocycles. The largest absolute Gasteiger partial charge is 0.349 e. The van der Waals surface area contributed by atoms with E-state index < -0.39 is 0 Å². The van der Waals surface area contributed by atoms with Gasteiger partial charge in [0.2, 0.25) is 5.91 Å². The van der Waals surface area contributed by atoms with E-state index in [1.54, 1.807) is 19.0 Å². The maximum atomic E-state index is 11.6. The zero-order valence-electron chi connectivity index (χ0n) is 11.4. The molecule has 4 heteroatoms. The van der Waals surface area contributed by atoms with Gasteiger partial charge in [0.1, 0.15) is 0 Å². The van der Waals surface area contributed by atoms with Crippen molar-refractivity contribution in [1.82, 2.24) is 9.80 Å². The summed E-state index contributed by atoms with van der Waals surface area (Å²) >= 11 is 0. The fourth-order valence-corrected chi connectivity index (χ4v) is 1.57. The van der Waals surface area contributed by atoms with Crippen molar-refractivity contribution >= 4 is 5.91 Å². The molecule has 0 heterocycles. The SMILES string of the molecule is CCC(C)CN(C)C(CN)CC(=O)N(C)C. The van der Waals surface area contributed by atoms with Crippen molar-refractivity contribution in [2.45, 2.75) is 32.7 Å². The zero-order chi connectivity index (χ0) is 12.7. The molecule has 0 aromatic carbocycles. The van der Waals surface area contributed by atoms with Crippen molar-refractivity contribution in [3.63, 3.8) is 0 Å². The lowest BCUT2D eigenvalue weighted by Crippen LogP contribution is -2.43. The lowest BCUT2D eigenvalue weighted by atomic mass is 10.1. The lowest BCUT2D eigenvalue weighted by Gasteiger charge is -2.29. The van der Waals surface area contributed by atoms with Crippen molar-refractivity contribution in [1.29, 1.82) is 0 Å². The van der Waals surface area contributed by atoms with Crippen LogP contribution in [0.1, 0.15) is 26.7 Å². The summed E-state index contributed by atoms with van der Waals surface area (Å²) in [7, 11) is 5.61. The van der Waals surface area contributed by atoms with Crippen LogP contribution in [0.25, 0.3) is 0 Å². The van der Waals surface area contributed by atoms with Crippen LogP contribution in [0, 0.1) is 5.92 Å². The Labute approximate surface area is 99.8 Å². The molecule has 96 valence electrons. The molecule has 0 fully saturated rings. The Bertz CT molecular complexity index is 206. The normalized spacial score (nSPS) is 14.9.